The Morgan fingerprint density at radius 3 is 2.58 bits per heavy atom. The zero-order chi connectivity index (χ0) is 25.5. The second-order valence-electron chi connectivity index (χ2n) is 8.43. The summed E-state index contributed by atoms with van der Waals surface area (Å²) in [6, 6.07) is 19.5. The average molecular weight is 529 g/mol. The van der Waals surface area contributed by atoms with Crippen molar-refractivity contribution in [3.8, 4) is 17.2 Å². The van der Waals surface area contributed by atoms with Gasteiger partial charge in [0.05, 0.1) is 22.8 Å². The van der Waals surface area contributed by atoms with Gasteiger partial charge in [0.2, 0.25) is 0 Å². The van der Waals surface area contributed by atoms with Gasteiger partial charge in [-0.15, -0.1) is 0 Å². The van der Waals surface area contributed by atoms with Crippen molar-refractivity contribution in [2.24, 2.45) is 5.92 Å². The number of benzene rings is 3. The third kappa shape index (κ3) is 6.80. The number of aliphatic carboxylic acids is 1. The van der Waals surface area contributed by atoms with E-state index in [9.17, 15) is 9.90 Å². The van der Waals surface area contributed by atoms with Crippen LogP contribution < -0.4 is 4.74 Å². The summed E-state index contributed by atoms with van der Waals surface area (Å²) >= 11 is 12.1. The van der Waals surface area contributed by atoms with E-state index >= 15 is 0 Å². The monoisotopic (exact) mass is 528 g/mol. The minimum Gasteiger partial charge on any atom is -0.508 e. The molecule has 0 radical (unpaired) electrons. The second kappa shape index (κ2) is 12.3. The first-order valence-corrected chi connectivity index (χ1v) is 12.3. The molecule has 1 heterocycles. The van der Waals surface area contributed by atoms with E-state index in [1.165, 1.54) is 0 Å². The lowest BCUT2D eigenvalue weighted by atomic mass is 9.91. The SMILES string of the molecule is O=C(O)CC/C=C\CC1COC(c2cccc(Oc3ccc(Cl)c(Cl)c3)c2)OC1c1ccccc1O. The molecule has 0 amide bonds. The van der Waals surface area contributed by atoms with Crippen LogP contribution in [0.1, 0.15) is 42.8 Å². The summed E-state index contributed by atoms with van der Waals surface area (Å²) in [7, 11) is 0. The fourth-order valence-corrected chi connectivity index (χ4v) is 4.29. The molecule has 36 heavy (non-hydrogen) atoms. The number of para-hydroxylation sites is 1. The highest BCUT2D eigenvalue weighted by Crippen LogP contribution is 2.43. The number of phenolic OH excluding ortho intramolecular Hbond substituents is 1. The lowest BCUT2D eigenvalue weighted by Crippen LogP contribution is -2.30. The van der Waals surface area contributed by atoms with Crippen LogP contribution in [0.25, 0.3) is 0 Å². The van der Waals surface area contributed by atoms with Gasteiger partial charge in [0, 0.05) is 29.5 Å². The predicted octanol–water partition coefficient (Wildman–Crippen LogP) is 7.71. The molecule has 0 aliphatic carbocycles. The normalized spacial score (nSPS) is 19.9. The zero-order valence-corrected chi connectivity index (χ0v) is 20.9. The molecule has 3 unspecified atom stereocenters. The highest BCUT2D eigenvalue weighted by molar-refractivity contribution is 6.42. The molecule has 3 aromatic carbocycles. The molecule has 1 aliphatic heterocycles. The number of halogens is 2. The molecular weight excluding hydrogens is 503 g/mol. The molecular formula is C28H26Cl2O6. The van der Waals surface area contributed by atoms with Crippen LogP contribution in [0, 0.1) is 5.92 Å². The van der Waals surface area contributed by atoms with Crippen molar-refractivity contribution in [2.75, 3.05) is 6.61 Å². The largest absolute Gasteiger partial charge is 0.508 e. The standard InChI is InChI=1S/C28H26Cl2O6/c29-23-14-13-21(16-24(23)30)35-20-9-6-8-18(15-20)28-34-17-19(7-2-1-3-12-26(32)33)27(36-28)22-10-4-5-11-25(22)31/h1-2,4-6,8-11,13-16,19,27-28,31H,3,7,12,17H2,(H,32,33)/b2-1-. The summed E-state index contributed by atoms with van der Waals surface area (Å²) in [4.78, 5) is 10.7. The van der Waals surface area contributed by atoms with Crippen molar-refractivity contribution >= 4 is 29.2 Å². The van der Waals surface area contributed by atoms with Crippen molar-refractivity contribution in [3.63, 3.8) is 0 Å². The lowest BCUT2D eigenvalue weighted by molar-refractivity contribution is -0.244. The average Bonchev–Trinajstić information content (AvgIpc) is 2.86. The summed E-state index contributed by atoms with van der Waals surface area (Å²) in [5, 5.41) is 20.2. The maximum absolute atomic E-state index is 10.7. The zero-order valence-electron chi connectivity index (χ0n) is 19.3. The van der Waals surface area contributed by atoms with E-state index in [0.29, 0.717) is 46.6 Å². The van der Waals surface area contributed by atoms with Gasteiger partial charge in [-0.25, -0.2) is 0 Å². The molecule has 8 heteroatoms. The van der Waals surface area contributed by atoms with Crippen molar-refractivity contribution in [1.82, 2.24) is 0 Å². The first kappa shape index (κ1) is 26.0. The fourth-order valence-electron chi connectivity index (χ4n) is 4.00. The van der Waals surface area contributed by atoms with Crippen molar-refractivity contribution in [1.29, 1.82) is 0 Å². The van der Waals surface area contributed by atoms with Crippen LogP contribution in [0.15, 0.2) is 78.9 Å². The fraction of sp³-hybridized carbons (Fsp3) is 0.250. The molecule has 0 saturated carbocycles. The van der Waals surface area contributed by atoms with E-state index in [-0.39, 0.29) is 18.1 Å². The minimum atomic E-state index is -0.829. The number of ether oxygens (including phenoxy) is 3. The molecule has 0 bridgehead atoms. The quantitative estimate of drug-likeness (QED) is 0.276. The first-order chi connectivity index (χ1) is 17.4. The van der Waals surface area contributed by atoms with Gasteiger partial charge in [-0.3, -0.25) is 4.79 Å². The van der Waals surface area contributed by atoms with Gasteiger partial charge in [0.15, 0.2) is 6.29 Å². The molecule has 188 valence electrons. The number of carbonyl (C=O) groups is 1. The maximum atomic E-state index is 10.7. The van der Waals surface area contributed by atoms with E-state index in [4.69, 9.17) is 42.5 Å². The van der Waals surface area contributed by atoms with E-state index in [1.54, 1.807) is 30.3 Å². The molecule has 0 spiro atoms. The van der Waals surface area contributed by atoms with E-state index in [1.807, 2.05) is 48.6 Å². The Morgan fingerprint density at radius 1 is 1.00 bits per heavy atom. The highest BCUT2D eigenvalue weighted by atomic mass is 35.5. The third-order valence-corrected chi connectivity index (χ3v) is 6.53. The smallest absolute Gasteiger partial charge is 0.303 e. The highest BCUT2D eigenvalue weighted by Gasteiger charge is 2.34. The van der Waals surface area contributed by atoms with Crippen molar-refractivity contribution in [2.45, 2.75) is 31.7 Å². The molecule has 1 fully saturated rings. The van der Waals surface area contributed by atoms with E-state index in [2.05, 4.69) is 0 Å². The van der Waals surface area contributed by atoms with Gasteiger partial charge in [-0.05, 0) is 43.2 Å². The molecule has 1 aliphatic rings. The van der Waals surface area contributed by atoms with Gasteiger partial charge in [0.1, 0.15) is 17.2 Å². The molecule has 0 aromatic heterocycles. The third-order valence-electron chi connectivity index (χ3n) is 5.79. The number of carboxylic acid groups (broad SMARTS) is 1. The Bertz CT molecular complexity index is 1230. The molecule has 6 nitrogen and oxygen atoms in total. The number of phenols is 1. The van der Waals surface area contributed by atoms with Crippen LogP contribution in [0.5, 0.6) is 17.2 Å². The van der Waals surface area contributed by atoms with Gasteiger partial charge in [0.25, 0.3) is 0 Å². The summed E-state index contributed by atoms with van der Waals surface area (Å²) in [5.74, 6) is 0.393. The Kier molecular flexibility index (Phi) is 8.88. The molecule has 4 rings (SSSR count). The van der Waals surface area contributed by atoms with E-state index in [0.717, 1.165) is 5.56 Å². The van der Waals surface area contributed by atoms with Crippen LogP contribution >= 0.6 is 23.2 Å². The van der Waals surface area contributed by atoms with Crippen LogP contribution in [0.2, 0.25) is 10.0 Å². The van der Waals surface area contributed by atoms with Crippen LogP contribution in [0.3, 0.4) is 0 Å². The molecule has 3 atom stereocenters. The van der Waals surface area contributed by atoms with Crippen LogP contribution in [-0.2, 0) is 14.3 Å². The van der Waals surface area contributed by atoms with Crippen molar-refractivity contribution in [3.05, 3.63) is 100 Å². The number of hydrogen-bond donors (Lipinski definition) is 2. The van der Waals surface area contributed by atoms with Gasteiger partial charge >= 0.3 is 5.97 Å². The first-order valence-electron chi connectivity index (χ1n) is 11.6. The number of rotatable bonds is 9. The van der Waals surface area contributed by atoms with Gasteiger partial charge in [-0.1, -0.05) is 65.7 Å². The summed E-state index contributed by atoms with van der Waals surface area (Å²) < 4.78 is 18.4. The molecule has 1 saturated heterocycles. The number of aromatic hydroxyl groups is 1. The Morgan fingerprint density at radius 2 is 1.81 bits per heavy atom. The Balaban J connectivity index is 1.51. The number of carboxylic acids is 1. The van der Waals surface area contributed by atoms with Gasteiger partial charge in [-0.2, -0.15) is 0 Å². The maximum Gasteiger partial charge on any atom is 0.303 e. The van der Waals surface area contributed by atoms with Crippen molar-refractivity contribution < 1.29 is 29.2 Å². The van der Waals surface area contributed by atoms with Crippen LogP contribution in [-0.4, -0.2) is 22.8 Å². The Labute approximate surface area is 219 Å². The van der Waals surface area contributed by atoms with Crippen LogP contribution in [0.4, 0.5) is 0 Å². The predicted molar refractivity (Wildman–Crippen MR) is 138 cm³/mol. The molecule has 3 aromatic rings. The summed E-state index contributed by atoms with van der Waals surface area (Å²) in [5.41, 5.74) is 1.45. The summed E-state index contributed by atoms with van der Waals surface area (Å²) in [6.45, 7) is 0.394. The lowest BCUT2D eigenvalue weighted by Gasteiger charge is -2.37. The number of hydrogen-bond acceptors (Lipinski definition) is 5. The van der Waals surface area contributed by atoms with Gasteiger partial charge < -0.3 is 24.4 Å². The van der Waals surface area contributed by atoms with E-state index < -0.39 is 18.4 Å². The minimum absolute atomic E-state index is 0.0636. The second-order valence-corrected chi connectivity index (χ2v) is 9.25. The Hall–Kier alpha value is -3.03. The summed E-state index contributed by atoms with van der Waals surface area (Å²) in [6.07, 6.45) is 3.86. The molecule has 2 N–H and O–H groups in total. The topological polar surface area (TPSA) is 85.2 Å². The number of allylic oxidation sites excluding steroid dienone is 2.